The molecule has 1 saturated carbocycles. The van der Waals surface area contributed by atoms with Gasteiger partial charge in [0.2, 0.25) is 5.91 Å². The molecule has 17 heavy (non-hydrogen) atoms. The number of hydrogen-bond acceptors (Lipinski definition) is 2. The summed E-state index contributed by atoms with van der Waals surface area (Å²) in [5, 5.41) is 9.63. The maximum Gasteiger partial charge on any atom is 0.225 e. The van der Waals surface area contributed by atoms with E-state index in [1.807, 2.05) is 13.0 Å². The van der Waals surface area contributed by atoms with Crippen LogP contribution in [0.15, 0.2) is 6.07 Å². The predicted molar refractivity (Wildman–Crippen MR) is 67.8 cm³/mol. The number of nitrogens with zero attached hydrogens (tertiary/aromatic N) is 1. The molecular formula is C13H21N3O. The molecule has 0 spiro atoms. The normalized spacial score (nSPS) is 17.0. The molecule has 4 nitrogen and oxygen atoms in total. The van der Waals surface area contributed by atoms with Gasteiger partial charge in [-0.05, 0) is 19.3 Å². The molecule has 0 unspecified atom stereocenters. The second-order valence-corrected chi connectivity index (χ2v) is 5.03. The van der Waals surface area contributed by atoms with Crippen LogP contribution in [0.1, 0.15) is 50.6 Å². The summed E-state index contributed by atoms with van der Waals surface area (Å²) < 4.78 is 0. The van der Waals surface area contributed by atoms with Crippen LogP contribution >= 0.6 is 0 Å². The summed E-state index contributed by atoms with van der Waals surface area (Å²) >= 11 is 0. The van der Waals surface area contributed by atoms with Gasteiger partial charge in [-0.3, -0.25) is 9.89 Å². The number of nitrogens with one attached hydrogen (secondary N) is 2. The Bertz CT molecular complexity index is 366. The zero-order chi connectivity index (χ0) is 12.1. The molecule has 0 aliphatic heterocycles. The summed E-state index contributed by atoms with van der Waals surface area (Å²) in [6, 6.07) is 1.85. The highest BCUT2D eigenvalue weighted by Crippen LogP contribution is 2.27. The number of anilines is 1. The molecule has 0 saturated heterocycles. The van der Waals surface area contributed by atoms with E-state index in [0.29, 0.717) is 12.2 Å². The zero-order valence-corrected chi connectivity index (χ0v) is 10.5. The predicted octanol–water partition coefficient (Wildman–Crippen LogP) is 3.02. The quantitative estimate of drug-likeness (QED) is 0.842. The zero-order valence-electron chi connectivity index (χ0n) is 10.5. The van der Waals surface area contributed by atoms with Crippen LogP contribution in [0.3, 0.4) is 0 Å². The second kappa shape index (κ2) is 5.84. The second-order valence-electron chi connectivity index (χ2n) is 5.03. The van der Waals surface area contributed by atoms with Gasteiger partial charge in [-0.15, -0.1) is 0 Å². The SMILES string of the molecule is Cc1cc(NC(=O)CCC2CCCCC2)n[nH]1. The van der Waals surface area contributed by atoms with Gasteiger partial charge in [0, 0.05) is 18.2 Å². The minimum atomic E-state index is 0.0853. The average Bonchev–Trinajstić information content (AvgIpc) is 2.73. The van der Waals surface area contributed by atoms with Gasteiger partial charge in [0.05, 0.1) is 0 Å². The van der Waals surface area contributed by atoms with Crippen LogP contribution in [0.2, 0.25) is 0 Å². The van der Waals surface area contributed by atoms with E-state index < -0.39 is 0 Å². The third kappa shape index (κ3) is 3.88. The van der Waals surface area contributed by atoms with E-state index in [1.54, 1.807) is 0 Å². The van der Waals surface area contributed by atoms with Gasteiger partial charge in [0.15, 0.2) is 5.82 Å². The van der Waals surface area contributed by atoms with Crippen LogP contribution in [0, 0.1) is 12.8 Å². The van der Waals surface area contributed by atoms with Crippen LogP contribution in [-0.2, 0) is 4.79 Å². The summed E-state index contributed by atoms with van der Waals surface area (Å²) in [6.07, 6.45) is 8.29. The van der Waals surface area contributed by atoms with Crippen molar-refractivity contribution >= 4 is 11.7 Å². The van der Waals surface area contributed by atoms with Gasteiger partial charge in [-0.2, -0.15) is 5.10 Å². The molecule has 2 N–H and O–H groups in total. The number of hydrogen-bond donors (Lipinski definition) is 2. The summed E-state index contributed by atoms with van der Waals surface area (Å²) in [4.78, 5) is 11.7. The fourth-order valence-electron chi connectivity index (χ4n) is 2.50. The van der Waals surface area contributed by atoms with E-state index in [4.69, 9.17) is 0 Å². The monoisotopic (exact) mass is 235 g/mol. The van der Waals surface area contributed by atoms with E-state index in [1.165, 1.54) is 32.1 Å². The minimum Gasteiger partial charge on any atom is -0.309 e. The smallest absolute Gasteiger partial charge is 0.225 e. The molecule has 0 aromatic carbocycles. The topological polar surface area (TPSA) is 57.8 Å². The molecule has 0 bridgehead atoms. The largest absolute Gasteiger partial charge is 0.309 e. The van der Waals surface area contributed by atoms with Crippen molar-refractivity contribution < 1.29 is 4.79 Å². The number of amides is 1. The number of rotatable bonds is 4. The standard InChI is InChI=1S/C13H21N3O/c1-10-9-12(16-15-10)14-13(17)8-7-11-5-3-2-4-6-11/h9,11H,2-8H2,1H3,(H2,14,15,16,17). The molecule has 1 heterocycles. The fourth-order valence-corrected chi connectivity index (χ4v) is 2.50. The van der Waals surface area contributed by atoms with Crippen molar-refractivity contribution in [3.05, 3.63) is 11.8 Å². The first-order valence-electron chi connectivity index (χ1n) is 6.56. The molecule has 1 aromatic heterocycles. The highest BCUT2D eigenvalue weighted by atomic mass is 16.1. The number of aryl methyl sites for hydroxylation is 1. The van der Waals surface area contributed by atoms with E-state index in [2.05, 4.69) is 15.5 Å². The molecule has 1 aliphatic carbocycles. The number of H-pyrrole nitrogens is 1. The van der Waals surface area contributed by atoms with Gasteiger partial charge in [-0.1, -0.05) is 32.1 Å². The van der Waals surface area contributed by atoms with Gasteiger partial charge >= 0.3 is 0 Å². The van der Waals surface area contributed by atoms with Crippen molar-refractivity contribution in [2.24, 2.45) is 5.92 Å². The molecule has 1 amide bonds. The molecule has 0 atom stereocenters. The summed E-state index contributed by atoms with van der Waals surface area (Å²) in [5.74, 6) is 1.48. The number of carbonyl (C=O) groups excluding carboxylic acids is 1. The third-order valence-electron chi connectivity index (χ3n) is 3.48. The average molecular weight is 235 g/mol. The Morgan fingerprint density at radius 1 is 1.47 bits per heavy atom. The summed E-state index contributed by atoms with van der Waals surface area (Å²) in [5.41, 5.74) is 0.965. The van der Waals surface area contributed by atoms with Crippen LogP contribution in [-0.4, -0.2) is 16.1 Å². The van der Waals surface area contributed by atoms with E-state index in [9.17, 15) is 4.79 Å². The lowest BCUT2D eigenvalue weighted by Gasteiger charge is -2.20. The first kappa shape index (κ1) is 12.1. The number of aromatic nitrogens is 2. The van der Waals surface area contributed by atoms with Crippen molar-refractivity contribution in [2.45, 2.75) is 51.9 Å². The third-order valence-corrected chi connectivity index (χ3v) is 3.48. The lowest BCUT2D eigenvalue weighted by molar-refractivity contribution is -0.116. The number of carbonyl (C=O) groups is 1. The van der Waals surface area contributed by atoms with Crippen LogP contribution in [0.5, 0.6) is 0 Å². The first-order valence-corrected chi connectivity index (χ1v) is 6.56. The molecule has 2 rings (SSSR count). The first-order chi connectivity index (χ1) is 8.24. The molecular weight excluding hydrogens is 214 g/mol. The maximum atomic E-state index is 11.7. The van der Waals surface area contributed by atoms with Crippen LogP contribution in [0.4, 0.5) is 5.82 Å². The van der Waals surface area contributed by atoms with Gasteiger partial charge in [0.25, 0.3) is 0 Å². The molecule has 0 radical (unpaired) electrons. The lowest BCUT2D eigenvalue weighted by Crippen LogP contribution is -2.15. The Balaban J connectivity index is 1.70. The highest BCUT2D eigenvalue weighted by Gasteiger charge is 2.15. The Kier molecular flexibility index (Phi) is 4.18. The Labute approximate surface area is 102 Å². The molecule has 4 heteroatoms. The lowest BCUT2D eigenvalue weighted by atomic mass is 9.86. The Morgan fingerprint density at radius 3 is 2.88 bits per heavy atom. The van der Waals surface area contributed by atoms with E-state index in [0.717, 1.165) is 18.0 Å². The van der Waals surface area contributed by atoms with E-state index >= 15 is 0 Å². The van der Waals surface area contributed by atoms with E-state index in [-0.39, 0.29) is 5.91 Å². The van der Waals surface area contributed by atoms with Gasteiger partial charge in [-0.25, -0.2) is 0 Å². The minimum absolute atomic E-state index is 0.0853. The summed E-state index contributed by atoms with van der Waals surface area (Å²) in [7, 11) is 0. The molecule has 1 aliphatic rings. The van der Waals surface area contributed by atoms with Crippen LogP contribution in [0.25, 0.3) is 0 Å². The molecule has 1 fully saturated rings. The molecule has 94 valence electrons. The van der Waals surface area contributed by atoms with Crippen molar-refractivity contribution in [3.63, 3.8) is 0 Å². The maximum absolute atomic E-state index is 11.7. The fraction of sp³-hybridized carbons (Fsp3) is 0.692. The van der Waals surface area contributed by atoms with Crippen molar-refractivity contribution in [2.75, 3.05) is 5.32 Å². The molecule has 1 aromatic rings. The van der Waals surface area contributed by atoms with Crippen molar-refractivity contribution in [1.29, 1.82) is 0 Å². The Hall–Kier alpha value is -1.32. The highest BCUT2D eigenvalue weighted by molar-refractivity contribution is 5.89. The van der Waals surface area contributed by atoms with Gasteiger partial charge in [0.1, 0.15) is 0 Å². The van der Waals surface area contributed by atoms with Crippen LogP contribution < -0.4 is 5.32 Å². The van der Waals surface area contributed by atoms with Crippen molar-refractivity contribution in [1.82, 2.24) is 10.2 Å². The Morgan fingerprint density at radius 2 is 2.24 bits per heavy atom. The van der Waals surface area contributed by atoms with Crippen molar-refractivity contribution in [3.8, 4) is 0 Å². The van der Waals surface area contributed by atoms with Gasteiger partial charge < -0.3 is 5.32 Å². The number of aromatic amines is 1. The summed E-state index contributed by atoms with van der Waals surface area (Å²) in [6.45, 7) is 1.92.